The molecule has 6 nitrogen and oxygen atoms in total. The number of anilines is 1. The molecule has 2 heterocycles. The molecule has 0 aliphatic carbocycles. The van der Waals surface area contributed by atoms with E-state index in [9.17, 15) is 19.5 Å². The summed E-state index contributed by atoms with van der Waals surface area (Å²) < 4.78 is 0. The highest BCUT2D eigenvalue weighted by molar-refractivity contribution is 6.33. The lowest BCUT2D eigenvalue weighted by Gasteiger charge is -2.24. The van der Waals surface area contributed by atoms with Crippen molar-refractivity contribution in [2.45, 2.75) is 25.3 Å². The number of amides is 2. The average Bonchev–Trinajstić information content (AvgIpc) is 3.14. The maximum atomic E-state index is 12.6. The van der Waals surface area contributed by atoms with Crippen molar-refractivity contribution < 1.29 is 19.5 Å². The largest absolute Gasteiger partial charge is 0.480 e. The van der Waals surface area contributed by atoms with Gasteiger partial charge in [-0.3, -0.25) is 9.59 Å². The number of para-hydroxylation sites is 1. The van der Waals surface area contributed by atoms with Crippen molar-refractivity contribution in [2.75, 3.05) is 18.0 Å². The van der Waals surface area contributed by atoms with Crippen LogP contribution in [0.4, 0.5) is 5.69 Å². The fraction of sp³-hybridized carbons (Fsp3) is 0.438. The van der Waals surface area contributed by atoms with Gasteiger partial charge in [0.1, 0.15) is 6.04 Å². The Morgan fingerprint density at radius 1 is 1.26 bits per heavy atom. The summed E-state index contributed by atoms with van der Waals surface area (Å²) in [7, 11) is 0. The second-order valence-corrected chi connectivity index (χ2v) is 6.29. The number of hydrogen-bond acceptors (Lipinski definition) is 3. The van der Waals surface area contributed by atoms with Crippen molar-refractivity contribution in [3.8, 4) is 0 Å². The molecule has 7 heteroatoms. The van der Waals surface area contributed by atoms with E-state index in [-0.39, 0.29) is 24.8 Å². The first-order valence-electron chi connectivity index (χ1n) is 7.57. The fourth-order valence-corrected chi connectivity index (χ4v) is 3.54. The first kappa shape index (κ1) is 15.8. The van der Waals surface area contributed by atoms with Gasteiger partial charge in [0, 0.05) is 19.5 Å². The highest BCUT2D eigenvalue weighted by atomic mass is 35.5. The summed E-state index contributed by atoms with van der Waals surface area (Å²) in [6, 6.07) is 6.22. The van der Waals surface area contributed by atoms with Gasteiger partial charge < -0.3 is 14.9 Å². The van der Waals surface area contributed by atoms with Gasteiger partial charge in [-0.1, -0.05) is 23.7 Å². The van der Waals surface area contributed by atoms with Crippen LogP contribution < -0.4 is 4.90 Å². The van der Waals surface area contributed by atoms with E-state index in [1.165, 1.54) is 9.80 Å². The maximum absolute atomic E-state index is 12.6. The third-order valence-electron chi connectivity index (χ3n) is 4.44. The molecule has 1 unspecified atom stereocenters. The van der Waals surface area contributed by atoms with E-state index in [2.05, 4.69) is 0 Å². The van der Waals surface area contributed by atoms with E-state index in [0.29, 0.717) is 30.1 Å². The summed E-state index contributed by atoms with van der Waals surface area (Å²) in [5.74, 6) is -1.91. The Morgan fingerprint density at radius 3 is 2.70 bits per heavy atom. The Labute approximate surface area is 138 Å². The molecular formula is C16H17ClN2O4. The van der Waals surface area contributed by atoms with Crippen molar-refractivity contribution in [3.63, 3.8) is 0 Å². The summed E-state index contributed by atoms with van der Waals surface area (Å²) in [6.07, 6.45) is 1.24. The minimum Gasteiger partial charge on any atom is -0.480 e. The molecule has 2 saturated heterocycles. The van der Waals surface area contributed by atoms with Gasteiger partial charge in [-0.05, 0) is 25.0 Å². The second-order valence-electron chi connectivity index (χ2n) is 5.88. The van der Waals surface area contributed by atoms with Crippen molar-refractivity contribution >= 4 is 35.1 Å². The zero-order valence-corrected chi connectivity index (χ0v) is 13.2. The lowest BCUT2D eigenvalue weighted by atomic mass is 10.1. The maximum Gasteiger partial charge on any atom is 0.326 e. The molecule has 3 rings (SSSR count). The van der Waals surface area contributed by atoms with Gasteiger partial charge in [-0.15, -0.1) is 0 Å². The molecular weight excluding hydrogens is 320 g/mol. The molecule has 0 aromatic heterocycles. The minimum atomic E-state index is -0.983. The second kappa shape index (κ2) is 6.20. The van der Waals surface area contributed by atoms with E-state index in [1.807, 2.05) is 0 Å². The monoisotopic (exact) mass is 336 g/mol. The smallest absolute Gasteiger partial charge is 0.326 e. The third-order valence-corrected chi connectivity index (χ3v) is 4.76. The quantitative estimate of drug-likeness (QED) is 0.912. The van der Waals surface area contributed by atoms with Crippen molar-refractivity contribution in [2.24, 2.45) is 5.92 Å². The Morgan fingerprint density at radius 2 is 2.00 bits per heavy atom. The van der Waals surface area contributed by atoms with Crippen LogP contribution in [0.1, 0.15) is 19.3 Å². The van der Waals surface area contributed by atoms with E-state index in [0.717, 1.165) is 0 Å². The number of rotatable bonds is 3. The summed E-state index contributed by atoms with van der Waals surface area (Å²) >= 11 is 6.12. The van der Waals surface area contributed by atoms with Gasteiger partial charge in [-0.25, -0.2) is 4.79 Å². The number of benzene rings is 1. The summed E-state index contributed by atoms with van der Waals surface area (Å²) in [5, 5.41) is 9.66. The Hall–Kier alpha value is -2.08. The highest BCUT2D eigenvalue weighted by Gasteiger charge is 2.42. The topological polar surface area (TPSA) is 77.9 Å². The van der Waals surface area contributed by atoms with Gasteiger partial charge in [0.15, 0.2) is 0 Å². The predicted molar refractivity (Wildman–Crippen MR) is 84.3 cm³/mol. The fourth-order valence-electron chi connectivity index (χ4n) is 3.30. The number of nitrogens with zero attached hydrogens (tertiary/aromatic N) is 2. The molecule has 2 fully saturated rings. The lowest BCUT2D eigenvalue weighted by molar-refractivity contribution is -0.149. The van der Waals surface area contributed by atoms with E-state index < -0.39 is 17.9 Å². The van der Waals surface area contributed by atoms with Crippen LogP contribution in [0, 0.1) is 5.92 Å². The number of aliphatic carboxylic acids is 1. The van der Waals surface area contributed by atoms with E-state index in [1.54, 1.807) is 24.3 Å². The average molecular weight is 337 g/mol. The van der Waals surface area contributed by atoms with Gasteiger partial charge in [0.2, 0.25) is 11.8 Å². The number of halogens is 1. The van der Waals surface area contributed by atoms with Crippen LogP contribution in [0.15, 0.2) is 24.3 Å². The zero-order valence-electron chi connectivity index (χ0n) is 12.4. The van der Waals surface area contributed by atoms with Crippen LogP contribution in [0.5, 0.6) is 0 Å². The molecule has 0 spiro atoms. The summed E-state index contributed by atoms with van der Waals surface area (Å²) in [6.45, 7) is 0.677. The van der Waals surface area contributed by atoms with Crippen molar-refractivity contribution in [3.05, 3.63) is 29.3 Å². The van der Waals surface area contributed by atoms with Crippen molar-refractivity contribution in [1.29, 1.82) is 0 Å². The molecule has 1 N–H and O–H groups in total. The summed E-state index contributed by atoms with van der Waals surface area (Å²) in [4.78, 5) is 39.0. The predicted octanol–water partition coefficient (Wildman–Crippen LogP) is 1.77. The van der Waals surface area contributed by atoms with Gasteiger partial charge in [-0.2, -0.15) is 0 Å². The van der Waals surface area contributed by atoms with Crippen LogP contribution in [0.2, 0.25) is 5.02 Å². The Kier molecular flexibility index (Phi) is 4.26. The SMILES string of the molecule is O=C(O)[C@@H]1CCCN1C(=O)C1CC(=O)N(c2ccccc2Cl)C1. The van der Waals surface area contributed by atoms with Crippen molar-refractivity contribution in [1.82, 2.24) is 4.90 Å². The normalized spacial score (nSPS) is 24.3. The van der Waals surface area contributed by atoms with Crippen LogP contribution in [-0.4, -0.2) is 46.9 Å². The number of likely N-dealkylation sites (tertiary alicyclic amines) is 1. The molecule has 2 aliphatic heterocycles. The van der Waals surface area contributed by atoms with Gasteiger partial charge in [0.05, 0.1) is 16.6 Å². The standard InChI is InChI=1S/C16H17ClN2O4/c17-11-4-1-2-5-12(11)19-9-10(8-14(19)20)15(21)18-7-3-6-13(18)16(22)23/h1-2,4-5,10,13H,3,6-9H2,(H,22,23)/t10?,13-/m0/s1. The third kappa shape index (κ3) is 2.91. The van der Waals surface area contributed by atoms with Crippen LogP contribution in [0.3, 0.4) is 0 Å². The minimum absolute atomic E-state index is 0.0902. The highest BCUT2D eigenvalue weighted by Crippen LogP contribution is 2.32. The van der Waals surface area contributed by atoms with Crippen LogP contribution >= 0.6 is 11.6 Å². The summed E-state index contributed by atoms with van der Waals surface area (Å²) in [5.41, 5.74) is 0.589. The molecule has 1 aromatic carbocycles. The Bertz CT molecular complexity index is 663. The van der Waals surface area contributed by atoms with E-state index in [4.69, 9.17) is 11.6 Å². The number of hydrogen-bond donors (Lipinski definition) is 1. The molecule has 0 saturated carbocycles. The Balaban J connectivity index is 1.76. The first-order valence-corrected chi connectivity index (χ1v) is 7.95. The van der Waals surface area contributed by atoms with Crippen LogP contribution in [-0.2, 0) is 14.4 Å². The molecule has 2 amide bonds. The zero-order chi connectivity index (χ0) is 16.6. The molecule has 1 aromatic rings. The number of carboxylic acid groups (broad SMARTS) is 1. The first-order chi connectivity index (χ1) is 11.0. The lowest BCUT2D eigenvalue weighted by Crippen LogP contribution is -2.44. The molecule has 2 atom stereocenters. The van der Waals surface area contributed by atoms with Crippen LogP contribution in [0.25, 0.3) is 0 Å². The molecule has 0 bridgehead atoms. The molecule has 122 valence electrons. The number of carbonyl (C=O) groups is 3. The molecule has 2 aliphatic rings. The van der Waals surface area contributed by atoms with Gasteiger partial charge >= 0.3 is 5.97 Å². The van der Waals surface area contributed by atoms with E-state index >= 15 is 0 Å². The molecule has 23 heavy (non-hydrogen) atoms. The molecule has 0 radical (unpaired) electrons. The number of carbonyl (C=O) groups excluding carboxylic acids is 2. The van der Waals surface area contributed by atoms with Gasteiger partial charge in [0.25, 0.3) is 0 Å². The number of carboxylic acids is 1.